The summed E-state index contributed by atoms with van der Waals surface area (Å²) >= 11 is 0. The van der Waals surface area contributed by atoms with Crippen LogP contribution in [0.3, 0.4) is 0 Å². The van der Waals surface area contributed by atoms with Crippen LogP contribution in [0.25, 0.3) is 11.2 Å². The third kappa shape index (κ3) is 8.42. The number of fused-ring (bicyclic) bond motifs is 1. The molecule has 0 aliphatic rings. The zero-order valence-electron chi connectivity index (χ0n) is 20.6. The van der Waals surface area contributed by atoms with Crippen molar-refractivity contribution in [2.45, 2.75) is 52.1 Å². The van der Waals surface area contributed by atoms with Crippen LogP contribution in [0.1, 0.15) is 20.8 Å². The van der Waals surface area contributed by atoms with Gasteiger partial charge in [0.1, 0.15) is 30.0 Å². The minimum atomic E-state index is -3.98. The number of nitrogen functional groups attached to an aromatic ring is 1. The fourth-order valence-electron chi connectivity index (χ4n) is 3.29. The molecule has 2 unspecified atom stereocenters. The van der Waals surface area contributed by atoms with Crippen LogP contribution in [-0.2, 0) is 25.4 Å². The predicted molar refractivity (Wildman–Crippen MR) is 132 cm³/mol. The number of carbonyl (C=O) groups is 1. The number of rotatable bonds is 14. The van der Waals surface area contributed by atoms with E-state index in [-0.39, 0.29) is 24.2 Å². The quantitative estimate of drug-likeness (QED) is 0.259. The SMILES string of the molecule is CC(C)NC(=O)C(COC(F)F)NP(=O)(CO[C@H](C)Cn1cnc2c(N)ncnc21)Oc1ccccc1. The lowest BCUT2D eigenvalue weighted by Crippen LogP contribution is -2.49. The molecule has 1 amide bonds. The minimum Gasteiger partial charge on any atom is -0.431 e. The fraction of sp³-hybridized carbons (Fsp3) is 0.455. The van der Waals surface area contributed by atoms with Crippen molar-refractivity contribution in [2.24, 2.45) is 0 Å². The van der Waals surface area contributed by atoms with Gasteiger partial charge < -0.3 is 29.6 Å². The molecule has 0 spiro atoms. The van der Waals surface area contributed by atoms with Crippen molar-refractivity contribution >= 4 is 30.4 Å². The van der Waals surface area contributed by atoms with Gasteiger partial charge in [0.05, 0.1) is 25.6 Å². The summed E-state index contributed by atoms with van der Waals surface area (Å²) < 4.78 is 56.9. The number of hydrogen-bond donors (Lipinski definition) is 3. The zero-order chi connectivity index (χ0) is 27.0. The van der Waals surface area contributed by atoms with E-state index in [1.165, 1.54) is 12.7 Å². The van der Waals surface area contributed by atoms with E-state index in [0.717, 1.165) is 0 Å². The molecule has 3 aromatic rings. The lowest BCUT2D eigenvalue weighted by molar-refractivity contribution is -0.143. The monoisotopic (exact) mass is 541 g/mol. The molecule has 15 heteroatoms. The molecule has 0 fully saturated rings. The molecule has 0 bridgehead atoms. The van der Waals surface area contributed by atoms with Crippen LogP contribution in [-0.4, -0.2) is 63.2 Å². The summed E-state index contributed by atoms with van der Waals surface area (Å²) in [7, 11) is -3.98. The summed E-state index contributed by atoms with van der Waals surface area (Å²) in [5.41, 5.74) is 6.76. The Morgan fingerprint density at radius 2 is 1.86 bits per heavy atom. The highest BCUT2D eigenvalue weighted by Gasteiger charge is 2.34. The number of halogens is 2. The Morgan fingerprint density at radius 3 is 2.54 bits per heavy atom. The van der Waals surface area contributed by atoms with Gasteiger partial charge in [0, 0.05) is 6.04 Å². The van der Waals surface area contributed by atoms with Gasteiger partial charge in [-0.05, 0) is 32.9 Å². The second kappa shape index (κ2) is 12.9. The van der Waals surface area contributed by atoms with E-state index in [4.69, 9.17) is 15.0 Å². The number of alkyl halides is 2. The lowest BCUT2D eigenvalue weighted by Gasteiger charge is -2.27. The third-order valence-corrected chi connectivity index (χ3v) is 6.60. The molecule has 0 aliphatic carbocycles. The second-order valence-electron chi connectivity index (χ2n) is 8.45. The average molecular weight is 541 g/mol. The molecule has 0 radical (unpaired) electrons. The average Bonchev–Trinajstić information content (AvgIpc) is 3.24. The van der Waals surface area contributed by atoms with Crippen molar-refractivity contribution in [3.63, 3.8) is 0 Å². The molecular formula is C22H30F2N7O5P. The lowest BCUT2D eigenvalue weighted by atomic mass is 10.3. The van der Waals surface area contributed by atoms with Crippen LogP contribution in [0.4, 0.5) is 14.6 Å². The number of anilines is 1. The maximum absolute atomic E-state index is 13.9. The summed E-state index contributed by atoms with van der Waals surface area (Å²) in [6.45, 7) is 1.54. The Balaban J connectivity index is 1.76. The number of benzene rings is 1. The molecule has 2 aromatic heterocycles. The van der Waals surface area contributed by atoms with Crippen molar-refractivity contribution in [2.75, 3.05) is 18.7 Å². The van der Waals surface area contributed by atoms with Gasteiger partial charge in [0.15, 0.2) is 11.5 Å². The van der Waals surface area contributed by atoms with E-state index < -0.39 is 45.1 Å². The van der Waals surface area contributed by atoms with Crippen molar-refractivity contribution < 1.29 is 32.1 Å². The highest BCUT2D eigenvalue weighted by molar-refractivity contribution is 7.57. The van der Waals surface area contributed by atoms with Gasteiger partial charge in [-0.3, -0.25) is 9.36 Å². The van der Waals surface area contributed by atoms with Crippen LogP contribution in [0, 0.1) is 0 Å². The fourth-order valence-corrected chi connectivity index (χ4v) is 5.05. The van der Waals surface area contributed by atoms with Crippen LogP contribution in [0.15, 0.2) is 43.0 Å². The summed E-state index contributed by atoms with van der Waals surface area (Å²) in [4.78, 5) is 24.9. The van der Waals surface area contributed by atoms with Gasteiger partial charge >= 0.3 is 14.1 Å². The number of para-hydroxylation sites is 1. The first-order valence-corrected chi connectivity index (χ1v) is 13.2. The number of imidazole rings is 1. The Kier molecular flexibility index (Phi) is 9.86. The van der Waals surface area contributed by atoms with Crippen molar-refractivity contribution in [3.8, 4) is 5.75 Å². The number of ether oxygens (including phenoxy) is 2. The van der Waals surface area contributed by atoms with E-state index in [0.29, 0.717) is 11.2 Å². The second-order valence-corrected chi connectivity index (χ2v) is 10.5. The van der Waals surface area contributed by atoms with E-state index in [1.54, 1.807) is 55.7 Å². The number of carbonyl (C=O) groups excluding carboxylic acids is 1. The van der Waals surface area contributed by atoms with Gasteiger partial charge in [-0.1, -0.05) is 18.2 Å². The number of amides is 1. The van der Waals surface area contributed by atoms with Crippen LogP contribution in [0.2, 0.25) is 0 Å². The molecule has 3 atom stereocenters. The van der Waals surface area contributed by atoms with E-state index >= 15 is 0 Å². The Labute approximate surface area is 212 Å². The molecular weight excluding hydrogens is 511 g/mol. The molecule has 0 aliphatic heterocycles. The summed E-state index contributed by atoms with van der Waals surface area (Å²) in [6.07, 6.45) is 1.84. The summed E-state index contributed by atoms with van der Waals surface area (Å²) in [5, 5.41) is 5.17. The highest BCUT2D eigenvalue weighted by atomic mass is 31.2. The first-order valence-electron chi connectivity index (χ1n) is 11.4. The van der Waals surface area contributed by atoms with E-state index in [9.17, 15) is 18.1 Å². The number of aromatic nitrogens is 4. The Morgan fingerprint density at radius 1 is 1.14 bits per heavy atom. The van der Waals surface area contributed by atoms with Crippen LogP contribution >= 0.6 is 7.52 Å². The predicted octanol–water partition coefficient (Wildman–Crippen LogP) is 2.77. The Bertz CT molecular complexity index is 1210. The van der Waals surface area contributed by atoms with Crippen LogP contribution in [0.5, 0.6) is 5.75 Å². The minimum absolute atomic E-state index is 0.235. The number of nitrogens with one attached hydrogen (secondary N) is 2. The Hall–Kier alpha value is -3.19. The standard InChI is InChI=1S/C22H30F2N7O5P/c1-14(2)29-21(32)17(10-34-22(23)24)30-37(33,36-16-7-5-4-6-8-16)13-35-15(3)9-31-12-28-18-19(25)26-11-27-20(18)31/h4-8,11-12,14-15,17,22H,9-10,13H2,1-3H3,(H,29,32)(H,30,33)(H2,25,26,27)/t15-,17?,37?/m1/s1. The first kappa shape index (κ1) is 28.4. The molecule has 12 nitrogen and oxygen atoms in total. The number of nitrogens with two attached hydrogens (primary N) is 1. The van der Waals surface area contributed by atoms with E-state index in [1.807, 2.05) is 0 Å². The summed E-state index contributed by atoms with van der Waals surface area (Å²) in [6, 6.07) is 6.52. The maximum Gasteiger partial charge on any atom is 0.345 e. The molecule has 37 heavy (non-hydrogen) atoms. The molecule has 0 saturated heterocycles. The van der Waals surface area contributed by atoms with Gasteiger partial charge in [-0.25, -0.2) is 20.0 Å². The molecule has 0 saturated carbocycles. The highest BCUT2D eigenvalue weighted by Crippen LogP contribution is 2.44. The topological polar surface area (TPSA) is 156 Å². The van der Waals surface area contributed by atoms with Gasteiger partial charge in [0.25, 0.3) is 0 Å². The molecule has 1 aromatic carbocycles. The molecule has 3 rings (SSSR count). The molecule has 2 heterocycles. The normalized spacial score (nSPS) is 15.0. The first-order chi connectivity index (χ1) is 17.6. The third-order valence-electron chi connectivity index (χ3n) is 4.90. The largest absolute Gasteiger partial charge is 0.431 e. The van der Waals surface area contributed by atoms with Crippen molar-refractivity contribution in [3.05, 3.63) is 43.0 Å². The van der Waals surface area contributed by atoms with Crippen molar-refractivity contribution in [1.82, 2.24) is 29.9 Å². The van der Waals surface area contributed by atoms with Crippen LogP contribution < -0.4 is 20.7 Å². The van der Waals surface area contributed by atoms with Gasteiger partial charge in [0.2, 0.25) is 5.91 Å². The maximum atomic E-state index is 13.9. The van der Waals surface area contributed by atoms with Gasteiger partial charge in [-0.2, -0.15) is 8.78 Å². The number of nitrogens with zero attached hydrogens (tertiary/aromatic N) is 4. The smallest absolute Gasteiger partial charge is 0.345 e. The van der Waals surface area contributed by atoms with Gasteiger partial charge in [-0.15, -0.1) is 0 Å². The molecule has 202 valence electrons. The summed E-state index contributed by atoms with van der Waals surface area (Å²) in [5.74, 6) is -0.207. The number of hydrogen-bond acceptors (Lipinski definition) is 9. The molecule has 4 N–H and O–H groups in total. The van der Waals surface area contributed by atoms with Crippen molar-refractivity contribution in [1.29, 1.82) is 0 Å². The zero-order valence-corrected chi connectivity index (χ0v) is 21.5. The van der Waals surface area contributed by atoms with E-state index in [2.05, 4.69) is 30.1 Å².